The first kappa shape index (κ1) is 15.4. The van der Waals surface area contributed by atoms with Crippen molar-refractivity contribution < 1.29 is 9.18 Å². The Bertz CT molecular complexity index is 779. The summed E-state index contributed by atoms with van der Waals surface area (Å²) in [7, 11) is 0. The molecule has 1 atom stereocenters. The van der Waals surface area contributed by atoms with Gasteiger partial charge in [0.25, 0.3) is 0 Å². The normalized spacial score (nSPS) is 21.7. The van der Waals surface area contributed by atoms with E-state index in [2.05, 4.69) is 14.9 Å². The molecule has 2 aromatic rings. The number of hydrogen-bond acceptors (Lipinski definition) is 2. The van der Waals surface area contributed by atoms with Gasteiger partial charge in [-0.1, -0.05) is 18.6 Å². The average molecular weight is 327 g/mol. The molecule has 126 valence electrons. The number of aromatic nitrogens is 2. The summed E-state index contributed by atoms with van der Waals surface area (Å²) in [5.41, 5.74) is 1.28. The number of halogens is 1. The molecule has 0 unspecified atom stereocenters. The molecule has 0 spiro atoms. The Kier molecular flexibility index (Phi) is 3.66. The molecule has 1 aliphatic heterocycles. The SMILES string of the molecule is Cc1cn2c(n1)CC[C@H](NC(=O)C1(c3cccc(F)c3)CCC1)C2. The number of amides is 1. The number of rotatable bonds is 3. The van der Waals surface area contributed by atoms with Gasteiger partial charge in [-0.05, 0) is 43.9 Å². The fraction of sp³-hybridized carbons (Fsp3) is 0.474. The fourth-order valence-corrected chi connectivity index (χ4v) is 3.99. The molecule has 2 heterocycles. The number of nitrogens with one attached hydrogen (secondary N) is 1. The Balaban J connectivity index is 1.51. The molecular formula is C19H22FN3O. The van der Waals surface area contributed by atoms with Gasteiger partial charge in [-0.15, -0.1) is 0 Å². The van der Waals surface area contributed by atoms with Crippen LogP contribution >= 0.6 is 0 Å². The molecule has 1 aromatic heterocycles. The monoisotopic (exact) mass is 327 g/mol. The summed E-state index contributed by atoms with van der Waals surface area (Å²) in [6.45, 7) is 2.76. The van der Waals surface area contributed by atoms with Crippen molar-refractivity contribution in [2.24, 2.45) is 0 Å². The van der Waals surface area contributed by atoms with Crippen molar-refractivity contribution in [2.45, 2.75) is 57.0 Å². The van der Waals surface area contributed by atoms with Crippen molar-refractivity contribution in [3.8, 4) is 0 Å². The van der Waals surface area contributed by atoms with Gasteiger partial charge in [0.05, 0.1) is 11.1 Å². The Morgan fingerprint density at radius 3 is 2.96 bits per heavy atom. The first-order chi connectivity index (χ1) is 11.6. The zero-order valence-corrected chi connectivity index (χ0v) is 13.9. The highest BCUT2D eigenvalue weighted by molar-refractivity contribution is 5.89. The second kappa shape index (κ2) is 5.72. The van der Waals surface area contributed by atoms with Crippen LogP contribution in [0.25, 0.3) is 0 Å². The number of carbonyl (C=O) groups is 1. The molecular weight excluding hydrogens is 305 g/mol. The quantitative estimate of drug-likeness (QED) is 0.942. The minimum absolute atomic E-state index is 0.0460. The largest absolute Gasteiger partial charge is 0.351 e. The van der Waals surface area contributed by atoms with Crippen LogP contribution in [0.4, 0.5) is 4.39 Å². The minimum atomic E-state index is -0.548. The molecule has 4 nitrogen and oxygen atoms in total. The molecule has 4 rings (SSSR count). The molecule has 1 amide bonds. The van der Waals surface area contributed by atoms with Gasteiger partial charge in [0.15, 0.2) is 0 Å². The molecule has 0 bridgehead atoms. The van der Waals surface area contributed by atoms with Crippen molar-refractivity contribution in [2.75, 3.05) is 0 Å². The molecule has 2 aliphatic rings. The number of benzene rings is 1. The maximum Gasteiger partial charge on any atom is 0.230 e. The minimum Gasteiger partial charge on any atom is -0.351 e. The van der Waals surface area contributed by atoms with Gasteiger partial charge in [0, 0.05) is 25.2 Å². The van der Waals surface area contributed by atoms with E-state index in [9.17, 15) is 9.18 Å². The molecule has 1 saturated carbocycles. The molecule has 24 heavy (non-hydrogen) atoms. The summed E-state index contributed by atoms with van der Waals surface area (Å²) in [6.07, 6.45) is 6.43. The number of fused-ring (bicyclic) bond motifs is 1. The number of carbonyl (C=O) groups excluding carboxylic acids is 1. The number of hydrogen-bond donors (Lipinski definition) is 1. The van der Waals surface area contributed by atoms with Crippen LogP contribution in [-0.2, 0) is 23.2 Å². The van der Waals surface area contributed by atoms with E-state index in [1.807, 2.05) is 19.2 Å². The van der Waals surface area contributed by atoms with Crippen molar-refractivity contribution in [3.05, 3.63) is 53.4 Å². The summed E-state index contributed by atoms with van der Waals surface area (Å²) in [6, 6.07) is 6.62. The predicted octanol–water partition coefficient (Wildman–Crippen LogP) is 2.88. The summed E-state index contributed by atoms with van der Waals surface area (Å²) < 4.78 is 15.7. The number of nitrogens with zero attached hydrogens (tertiary/aromatic N) is 2. The first-order valence-electron chi connectivity index (χ1n) is 8.66. The van der Waals surface area contributed by atoms with Crippen LogP contribution < -0.4 is 5.32 Å². The predicted molar refractivity (Wildman–Crippen MR) is 89.1 cm³/mol. The van der Waals surface area contributed by atoms with Crippen LogP contribution in [0, 0.1) is 12.7 Å². The van der Waals surface area contributed by atoms with Crippen molar-refractivity contribution in [3.63, 3.8) is 0 Å². The maximum absolute atomic E-state index is 13.6. The standard InChI is InChI=1S/C19H22FN3O/c1-13-11-23-12-16(6-7-17(23)21-13)22-18(24)19(8-3-9-19)14-4-2-5-15(20)10-14/h2,4-5,10-11,16H,3,6-9,12H2,1H3,(H,22,24)/t16-/m0/s1. The highest BCUT2D eigenvalue weighted by Crippen LogP contribution is 2.44. The third-order valence-electron chi connectivity index (χ3n) is 5.47. The maximum atomic E-state index is 13.6. The Morgan fingerprint density at radius 1 is 1.42 bits per heavy atom. The van der Waals surface area contributed by atoms with Gasteiger partial charge in [-0.2, -0.15) is 0 Å². The topological polar surface area (TPSA) is 46.9 Å². The van der Waals surface area contributed by atoms with E-state index in [-0.39, 0.29) is 17.8 Å². The third kappa shape index (κ3) is 2.52. The van der Waals surface area contributed by atoms with Crippen LogP contribution in [-0.4, -0.2) is 21.5 Å². The Labute approximate surface area is 141 Å². The molecule has 5 heteroatoms. The third-order valence-corrected chi connectivity index (χ3v) is 5.47. The fourth-order valence-electron chi connectivity index (χ4n) is 3.99. The molecule has 1 aromatic carbocycles. The molecule has 1 aliphatic carbocycles. The molecule has 0 saturated heterocycles. The van der Waals surface area contributed by atoms with E-state index >= 15 is 0 Å². The lowest BCUT2D eigenvalue weighted by Crippen LogP contribution is -2.53. The van der Waals surface area contributed by atoms with Crippen LogP contribution in [0.15, 0.2) is 30.5 Å². The second-order valence-corrected chi connectivity index (χ2v) is 7.11. The zero-order valence-electron chi connectivity index (χ0n) is 13.9. The molecule has 1 N–H and O–H groups in total. The van der Waals surface area contributed by atoms with Gasteiger partial charge in [-0.25, -0.2) is 9.37 Å². The summed E-state index contributed by atoms with van der Waals surface area (Å²) in [4.78, 5) is 17.5. The summed E-state index contributed by atoms with van der Waals surface area (Å²) in [5, 5.41) is 3.22. The van der Waals surface area contributed by atoms with E-state index in [0.717, 1.165) is 55.7 Å². The van der Waals surface area contributed by atoms with Crippen LogP contribution in [0.2, 0.25) is 0 Å². The van der Waals surface area contributed by atoms with E-state index in [0.29, 0.717) is 0 Å². The summed E-state index contributed by atoms with van der Waals surface area (Å²) in [5.74, 6) is 0.869. The van der Waals surface area contributed by atoms with E-state index in [1.54, 1.807) is 6.07 Å². The Morgan fingerprint density at radius 2 is 2.25 bits per heavy atom. The number of imidazole rings is 1. The van der Waals surface area contributed by atoms with E-state index < -0.39 is 5.41 Å². The highest BCUT2D eigenvalue weighted by atomic mass is 19.1. The Hall–Kier alpha value is -2.17. The summed E-state index contributed by atoms with van der Waals surface area (Å²) >= 11 is 0. The zero-order chi connectivity index (χ0) is 16.7. The van der Waals surface area contributed by atoms with E-state index in [4.69, 9.17) is 0 Å². The van der Waals surface area contributed by atoms with Gasteiger partial charge in [-0.3, -0.25) is 4.79 Å². The van der Waals surface area contributed by atoms with Crippen LogP contribution in [0.5, 0.6) is 0 Å². The molecule has 1 fully saturated rings. The lowest BCUT2D eigenvalue weighted by Gasteiger charge is -2.42. The van der Waals surface area contributed by atoms with Crippen LogP contribution in [0.3, 0.4) is 0 Å². The van der Waals surface area contributed by atoms with Crippen molar-refractivity contribution >= 4 is 5.91 Å². The van der Waals surface area contributed by atoms with Crippen LogP contribution in [0.1, 0.15) is 42.8 Å². The van der Waals surface area contributed by atoms with Crippen molar-refractivity contribution in [1.29, 1.82) is 0 Å². The van der Waals surface area contributed by atoms with Gasteiger partial charge >= 0.3 is 0 Å². The van der Waals surface area contributed by atoms with Gasteiger partial charge in [0.2, 0.25) is 5.91 Å². The first-order valence-corrected chi connectivity index (χ1v) is 8.66. The van der Waals surface area contributed by atoms with Crippen molar-refractivity contribution in [1.82, 2.24) is 14.9 Å². The van der Waals surface area contributed by atoms with Gasteiger partial charge < -0.3 is 9.88 Å². The lowest BCUT2D eigenvalue weighted by molar-refractivity contribution is -0.130. The smallest absolute Gasteiger partial charge is 0.230 e. The van der Waals surface area contributed by atoms with Gasteiger partial charge in [0.1, 0.15) is 11.6 Å². The molecule has 0 radical (unpaired) electrons. The van der Waals surface area contributed by atoms with E-state index in [1.165, 1.54) is 12.1 Å². The lowest BCUT2D eigenvalue weighted by atomic mass is 9.63. The number of aryl methyl sites for hydroxylation is 2. The second-order valence-electron chi connectivity index (χ2n) is 7.11. The average Bonchev–Trinajstić information content (AvgIpc) is 2.85. The highest BCUT2D eigenvalue weighted by Gasteiger charge is 2.46.